The first kappa shape index (κ1) is 20.2. The number of allylic oxidation sites excluding steroid dienone is 5. The fourth-order valence-corrected chi connectivity index (χ4v) is 3.12. The molecular formula is C25H26O2. The van der Waals surface area contributed by atoms with Gasteiger partial charge in [-0.05, 0) is 59.8 Å². The van der Waals surface area contributed by atoms with E-state index in [0.717, 1.165) is 23.6 Å². The van der Waals surface area contributed by atoms with E-state index in [4.69, 9.17) is 5.11 Å². The summed E-state index contributed by atoms with van der Waals surface area (Å²) in [6, 6.07) is 18.4. The average molecular weight is 358 g/mol. The van der Waals surface area contributed by atoms with Gasteiger partial charge in [-0.2, -0.15) is 0 Å². The van der Waals surface area contributed by atoms with Gasteiger partial charge in [0, 0.05) is 6.08 Å². The number of hydrogen-bond donors (Lipinski definition) is 1. The van der Waals surface area contributed by atoms with E-state index in [9.17, 15) is 4.79 Å². The standard InChI is InChI=1S/C25H26O2/c1-4-10-20(5-2)23(6-3)25(21-11-8-7-9-12-21)22-16-13-19(14-17-22)15-18-24(26)27/h4-5,7-18H,6H2,1-3H3,(H,26,27)/b10-4-,18-15+,20-5+,25-23-. The maximum atomic E-state index is 10.7. The van der Waals surface area contributed by atoms with Crippen LogP contribution in [0, 0.1) is 0 Å². The second-order valence-electron chi connectivity index (χ2n) is 6.11. The van der Waals surface area contributed by atoms with Gasteiger partial charge in [-0.25, -0.2) is 4.79 Å². The molecule has 27 heavy (non-hydrogen) atoms. The van der Waals surface area contributed by atoms with Crippen LogP contribution in [0.25, 0.3) is 11.6 Å². The number of carboxylic acid groups (broad SMARTS) is 1. The van der Waals surface area contributed by atoms with Gasteiger partial charge in [0.2, 0.25) is 0 Å². The van der Waals surface area contributed by atoms with Gasteiger partial charge in [0.05, 0.1) is 0 Å². The Morgan fingerprint density at radius 1 is 0.926 bits per heavy atom. The molecule has 0 fully saturated rings. The summed E-state index contributed by atoms with van der Waals surface area (Å²) in [4.78, 5) is 10.7. The number of carboxylic acids is 1. The first-order valence-corrected chi connectivity index (χ1v) is 9.20. The van der Waals surface area contributed by atoms with Crippen molar-refractivity contribution in [2.45, 2.75) is 27.2 Å². The Hall–Kier alpha value is -3.13. The minimum atomic E-state index is -0.943. The molecule has 0 aliphatic rings. The molecule has 2 aromatic rings. The third-order valence-electron chi connectivity index (χ3n) is 4.34. The van der Waals surface area contributed by atoms with Crippen LogP contribution < -0.4 is 0 Å². The van der Waals surface area contributed by atoms with Crippen molar-refractivity contribution < 1.29 is 9.90 Å². The maximum absolute atomic E-state index is 10.7. The molecule has 0 aliphatic carbocycles. The van der Waals surface area contributed by atoms with Crippen molar-refractivity contribution in [1.82, 2.24) is 0 Å². The van der Waals surface area contributed by atoms with Crippen molar-refractivity contribution in [3.63, 3.8) is 0 Å². The second-order valence-corrected chi connectivity index (χ2v) is 6.11. The van der Waals surface area contributed by atoms with Crippen LogP contribution in [0.15, 0.2) is 90.0 Å². The van der Waals surface area contributed by atoms with Gasteiger partial charge < -0.3 is 5.11 Å². The summed E-state index contributed by atoms with van der Waals surface area (Å²) in [7, 11) is 0. The molecule has 0 unspecified atom stereocenters. The van der Waals surface area contributed by atoms with E-state index in [-0.39, 0.29) is 0 Å². The Kier molecular flexibility index (Phi) is 7.57. The first-order valence-electron chi connectivity index (χ1n) is 9.20. The van der Waals surface area contributed by atoms with Crippen LogP contribution in [0.4, 0.5) is 0 Å². The van der Waals surface area contributed by atoms with Gasteiger partial charge in [-0.1, -0.05) is 79.7 Å². The summed E-state index contributed by atoms with van der Waals surface area (Å²) >= 11 is 0. The Morgan fingerprint density at radius 3 is 2.07 bits per heavy atom. The van der Waals surface area contributed by atoms with Gasteiger partial charge >= 0.3 is 5.97 Å². The predicted molar refractivity (Wildman–Crippen MR) is 114 cm³/mol. The van der Waals surface area contributed by atoms with Crippen LogP contribution in [-0.4, -0.2) is 11.1 Å². The van der Waals surface area contributed by atoms with Crippen LogP contribution >= 0.6 is 0 Å². The number of aliphatic carboxylic acids is 1. The molecule has 0 aromatic heterocycles. The number of hydrogen-bond acceptors (Lipinski definition) is 1. The van der Waals surface area contributed by atoms with Crippen molar-refractivity contribution in [3.8, 4) is 0 Å². The first-order chi connectivity index (χ1) is 13.1. The Labute approximate surface area is 161 Å². The van der Waals surface area contributed by atoms with Gasteiger partial charge in [-0.15, -0.1) is 0 Å². The summed E-state index contributed by atoms with van der Waals surface area (Å²) < 4.78 is 0. The lowest BCUT2D eigenvalue weighted by Gasteiger charge is -2.17. The van der Waals surface area contributed by atoms with Gasteiger partial charge in [0.25, 0.3) is 0 Å². The molecule has 0 amide bonds. The van der Waals surface area contributed by atoms with Gasteiger partial charge in [0.1, 0.15) is 0 Å². The third kappa shape index (κ3) is 5.42. The molecule has 0 heterocycles. The smallest absolute Gasteiger partial charge is 0.328 e. The van der Waals surface area contributed by atoms with E-state index in [0.29, 0.717) is 0 Å². The van der Waals surface area contributed by atoms with Crippen molar-refractivity contribution in [1.29, 1.82) is 0 Å². The lowest BCUT2D eigenvalue weighted by molar-refractivity contribution is -0.131. The lowest BCUT2D eigenvalue weighted by Crippen LogP contribution is -1.97. The summed E-state index contributed by atoms with van der Waals surface area (Å²) in [5, 5.41) is 8.80. The summed E-state index contributed by atoms with van der Waals surface area (Å²) in [5.41, 5.74) is 6.87. The molecule has 138 valence electrons. The molecule has 2 rings (SSSR count). The van der Waals surface area contributed by atoms with E-state index >= 15 is 0 Å². The van der Waals surface area contributed by atoms with Crippen LogP contribution in [0.3, 0.4) is 0 Å². The molecular weight excluding hydrogens is 332 g/mol. The Balaban J connectivity index is 2.63. The zero-order valence-electron chi connectivity index (χ0n) is 16.1. The SMILES string of the molecule is C\C=C/C(=C\C)C(/CC)=C(/c1ccccc1)c1ccc(/C=C/C(=O)O)cc1. The minimum Gasteiger partial charge on any atom is -0.478 e. The topological polar surface area (TPSA) is 37.3 Å². The molecule has 2 aromatic carbocycles. The highest BCUT2D eigenvalue weighted by Gasteiger charge is 2.13. The fourth-order valence-electron chi connectivity index (χ4n) is 3.12. The summed E-state index contributed by atoms with van der Waals surface area (Å²) in [6.07, 6.45) is 10.0. The average Bonchev–Trinajstić information content (AvgIpc) is 2.70. The summed E-state index contributed by atoms with van der Waals surface area (Å²) in [6.45, 7) is 6.27. The molecule has 0 aliphatic heterocycles. The molecule has 2 nitrogen and oxygen atoms in total. The second kappa shape index (κ2) is 10.1. The minimum absolute atomic E-state index is 0.867. The normalized spacial score (nSPS) is 13.2. The van der Waals surface area contributed by atoms with Crippen LogP contribution in [0.1, 0.15) is 43.9 Å². The molecule has 1 N–H and O–H groups in total. The lowest BCUT2D eigenvalue weighted by atomic mass is 9.87. The zero-order valence-corrected chi connectivity index (χ0v) is 16.1. The van der Waals surface area contributed by atoms with Crippen LogP contribution in [-0.2, 0) is 4.79 Å². The quantitative estimate of drug-likeness (QED) is 0.452. The summed E-state index contributed by atoms with van der Waals surface area (Å²) in [5.74, 6) is -0.943. The number of carbonyl (C=O) groups is 1. The Bertz CT molecular complexity index is 880. The molecule has 0 atom stereocenters. The van der Waals surface area contributed by atoms with Crippen molar-refractivity contribution >= 4 is 17.6 Å². The van der Waals surface area contributed by atoms with Gasteiger partial charge in [-0.3, -0.25) is 0 Å². The monoisotopic (exact) mass is 358 g/mol. The molecule has 2 heteroatoms. The van der Waals surface area contributed by atoms with Crippen molar-refractivity contribution in [2.75, 3.05) is 0 Å². The molecule has 0 bridgehead atoms. The van der Waals surface area contributed by atoms with E-state index in [1.54, 1.807) is 6.08 Å². The predicted octanol–water partition coefficient (Wildman–Crippen LogP) is 6.52. The van der Waals surface area contributed by atoms with E-state index in [1.165, 1.54) is 22.3 Å². The molecule has 0 radical (unpaired) electrons. The van der Waals surface area contributed by atoms with Crippen molar-refractivity contribution in [3.05, 3.63) is 107 Å². The van der Waals surface area contributed by atoms with Crippen LogP contribution in [0.5, 0.6) is 0 Å². The number of benzene rings is 2. The van der Waals surface area contributed by atoms with E-state index in [1.807, 2.05) is 25.1 Å². The van der Waals surface area contributed by atoms with Gasteiger partial charge in [0.15, 0.2) is 0 Å². The molecule has 0 saturated heterocycles. The Morgan fingerprint density at radius 2 is 1.56 bits per heavy atom. The molecule has 0 saturated carbocycles. The highest BCUT2D eigenvalue weighted by Crippen LogP contribution is 2.33. The van der Waals surface area contributed by atoms with E-state index in [2.05, 4.69) is 68.5 Å². The largest absolute Gasteiger partial charge is 0.478 e. The van der Waals surface area contributed by atoms with Crippen molar-refractivity contribution in [2.24, 2.45) is 0 Å². The fraction of sp³-hybridized carbons (Fsp3) is 0.160. The third-order valence-corrected chi connectivity index (χ3v) is 4.34. The zero-order chi connectivity index (χ0) is 19.6. The number of rotatable bonds is 7. The highest BCUT2D eigenvalue weighted by molar-refractivity contribution is 5.87. The highest BCUT2D eigenvalue weighted by atomic mass is 16.4. The molecule has 0 spiro atoms. The van der Waals surface area contributed by atoms with Crippen LogP contribution in [0.2, 0.25) is 0 Å². The maximum Gasteiger partial charge on any atom is 0.328 e. The van der Waals surface area contributed by atoms with E-state index < -0.39 is 5.97 Å².